The van der Waals surface area contributed by atoms with E-state index in [0.717, 1.165) is 48.7 Å². The van der Waals surface area contributed by atoms with Crippen LogP contribution in [0.3, 0.4) is 0 Å². The Bertz CT molecular complexity index is 1170. The highest BCUT2D eigenvalue weighted by atomic mass is 19.4. The van der Waals surface area contributed by atoms with Gasteiger partial charge in [-0.05, 0) is 56.2 Å². The normalized spacial score (nSPS) is 23.9. The van der Waals surface area contributed by atoms with Gasteiger partial charge in [-0.15, -0.1) is 13.2 Å². The molecule has 2 bridgehead atoms. The van der Waals surface area contributed by atoms with Gasteiger partial charge in [-0.25, -0.2) is 4.52 Å². The fourth-order valence-electron chi connectivity index (χ4n) is 5.15. The van der Waals surface area contributed by atoms with Crippen LogP contribution >= 0.6 is 0 Å². The number of amides is 1. The number of ether oxygens (including phenoxy) is 2. The Hall–Kier alpha value is -3.30. The summed E-state index contributed by atoms with van der Waals surface area (Å²) in [6.07, 6.45) is 2.25. The predicted molar refractivity (Wildman–Crippen MR) is 107 cm³/mol. The van der Waals surface area contributed by atoms with E-state index in [1.165, 1.54) is 18.2 Å². The lowest BCUT2D eigenvalue weighted by molar-refractivity contribution is -0.274. The zero-order valence-corrected chi connectivity index (χ0v) is 17.3. The molecule has 0 saturated heterocycles. The fraction of sp³-hybridized carbons (Fsp3) is 0.409. The van der Waals surface area contributed by atoms with Crippen LogP contribution < -0.4 is 14.8 Å². The van der Waals surface area contributed by atoms with Crippen LogP contribution in [0.2, 0.25) is 0 Å². The Morgan fingerprint density at radius 2 is 1.97 bits per heavy atom. The Kier molecular flexibility index (Phi) is 4.58. The van der Waals surface area contributed by atoms with E-state index in [9.17, 15) is 18.0 Å². The van der Waals surface area contributed by atoms with E-state index in [-0.39, 0.29) is 29.2 Å². The molecule has 1 aromatic carbocycles. The van der Waals surface area contributed by atoms with Crippen molar-refractivity contribution in [3.05, 3.63) is 54.1 Å². The molecule has 3 aromatic rings. The number of aromatic nitrogens is 3. The second-order valence-electron chi connectivity index (χ2n) is 8.84. The molecule has 2 aromatic heterocycles. The number of hydrogen-bond acceptors (Lipinski definition) is 5. The van der Waals surface area contributed by atoms with E-state index in [1.807, 2.05) is 23.7 Å². The Balaban J connectivity index is 1.13. The highest BCUT2D eigenvalue weighted by Crippen LogP contribution is 2.68. The van der Waals surface area contributed by atoms with Gasteiger partial charge in [0.25, 0.3) is 5.91 Å². The van der Waals surface area contributed by atoms with E-state index < -0.39 is 12.1 Å². The van der Waals surface area contributed by atoms with Gasteiger partial charge in [0.2, 0.25) is 0 Å². The van der Waals surface area contributed by atoms with Crippen LogP contribution in [0, 0.1) is 12.3 Å². The van der Waals surface area contributed by atoms with Crippen molar-refractivity contribution < 1.29 is 27.4 Å². The van der Waals surface area contributed by atoms with E-state index in [4.69, 9.17) is 4.74 Å². The van der Waals surface area contributed by atoms with Gasteiger partial charge in [0.05, 0.1) is 16.9 Å². The molecule has 0 radical (unpaired) electrons. The lowest BCUT2D eigenvalue weighted by Gasteiger charge is -2.70. The molecule has 10 heteroatoms. The molecule has 32 heavy (non-hydrogen) atoms. The third kappa shape index (κ3) is 3.96. The van der Waals surface area contributed by atoms with E-state index >= 15 is 0 Å². The van der Waals surface area contributed by atoms with Crippen LogP contribution in [0.4, 0.5) is 13.2 Å². The van der Waals surface area contributed by atoms with Crippen molar-refractivity contribution in [1.82, 2.24) is 19.9 Å². The highest BCUT2D eigenvalue weighted by Gasteiger charge is 2.68. The van der Waals surface area contributed by atoms with Gasteiger partial charge in [0, 0.05) is 24.0 Å². The van der Waals surface area contributed by atoms with Crippen molar-refractivity contribution in [2.45, 2.75) is 44.5 Å². The third-order valence-corrected chi connectivity index (χ3v) is 6.09. The van der Waals surface area contributed by atoms with Crippen molar-refractivity contribution in [1.29, 1.82) is 0 Å². The van der Waals surface area contributed by atoms with Crippen LogP contribution in [0.5, 0.6) is 11.5 Å². The second kappa shape index (κ2) is 7.11. The number of nitrogens with one attached hydrogen (secondary N) is 1. The molecule has 6 rings (SSSR count). The van der Waals surface area contributed by atoms with Gasteiger partial charge in [-0.1, -0.05) is 6.07 Å². The maximum atomic E-state index is 12.3. The number of fused-ring (bicyclic) bond motifs is 1. The zero-order chi connectivity index (χ0) is 22.6. The van der Waals surface area contributed by atoms with Gasteiger partial charge < -0.3 is 14.8 Å². The van der Waals surface area contributed by atoms with Crippen LogP contribution in [0.25, 0.3) is 5.52 Å². The average molecular weight is 446 g/mol. The Morgan fingerprint density at radius 3 is 2.72 bits per heavy atom. The Morgan fingerprint density at radius 1 is 1.22 bits per heavy atom. The Labute approximate surface area is 181 Å². The predicted octanol–water partition coefficient (Wildman–Crippen LogP) is 3.60. The first-order chi connectivity index (χ1) is 15.1. The lowest BCUT2D eigenvalue weighted by Crippen LogP contribution is -2.75. The average Bonchev–Trinajstić information content (AvgIpc) is 3.04. The first-order valence-corrected chi connectivity index (χ1v) is 10.2. The number of carbonyl (C=O) groups excluding carboxylic acids is 1. The minimum Gasteiger partial charge on any atom is -0.484 e. The molecular formula is C22H21F3N4O3. The monoisotopic (exact) mass is 446 g/mol. The van der Waals surface area contributed by atoms with E-state index in [0.29, 0.717) is 0 Å². The molecule has 1 amide bonds. The van der Waals surface area contributed by atoms with Gasteiger partial charge in [-0.3, -0.25) is 9.78 Å². The van der Waals surface area contributed by atoms with Crippen LogP contribution in [0.15, 0.2) is 42.7 Å². The zero-order valence-electron chi connectivity index (χ0n) is 17.3. The molecule has 1 N–H and O–H groups in total. The minimum atomic E-state index is -4.78. The smallest absolute Gasteiger partial charge is 0.484 e. The number of hydrogen-bond donors (Lipinski definition) is 1. The molecule has 3 aliphatic carbocycles. The number of nitrogens with zero attached hydrogens (tertiary/aromatic N) is 3. The van der Waals surface area contributed by atoms with Crippen molar-refractivity contribution in [3.63, 3.8) is 0 Å². The summed E-state index contributed by atoms with van der Waals surface area (Å²) < 4.78 is 48.0. The molecule has 0 atom stereocenters. The second-order valence-corrected chi connectivity index (χ2v) is 8.84. The topological polar surface area (TPSA) is 77.8 Å². The third-order valence-electron chi connectivity index (χ3n) is 6.09. The van der Waals surface area contributed by atoms with Gasteiger partial charge in [-0.2, -0.15) is 5.10 Å². The molecule has 168 valence electrons. The summed E-state index contributed by atoms with van der Waals surface area (Å²) in [7, 11) is 0. The van der Waals surface area contributed by atoms with Crippen molar-refractivity contribution in [3.8, 4) is 11.5 Å². The minimum absolute atomic E-state index is 0.131. The summed E-state index contributed by atoms with van der Waals surface area (Å²) in [6.45, 7) is 1.67. The quantitative estimate of drug-likeness (QED) is 0.600. The summed E-state index contributed by atoms with van der Waals surface area (Å²) in [5.41, 5.74) is 2.89. The number of aryl methyl sites for hydroxylation is 1. The van der Waals surface area contributed by atoms with Crippen molar-refractivity contribution >= 4 is 11.4 Å². The van der Waals surface area contributed by atoms with E-state index in [1.54, 1.807) is 6.20 Å². The largest absolute Gasteiger partial charge is 0.573 e. The maximum Gasteiger partial charge on any atom is 0.573 e. The number of carbonyl (C=O) groups is 1. The molecular weight excluding hydrogens is 425 g/mol. The standard InChI is InChI=1S/C22H21F3N4O3/c1-14-7-18-17(26-5-6-29(18)28-14)9-20-11-21(12-20,13-20)27-19(30)10-31-15-3-2-4-16(8-15)32-22(23,24)25/h2-8H,9-13H2,1H3,(H,27,30). The number of halogens is 3. The number of benzene rings is 1. The number of alkyl halides is 3. The molecule has 0 spiro atoms. The fourth-order valence-corrected chi connectivity index (χ4v) is 5.15. The molecule has 7 nitrogen and oxygen atoms in total. The van der Waals surface area contributed by atoms with Crippen LogP contribution in [0.1, 0.15) is 30.7 Å². The van der Waals surface area contributed by atoms with E-state index in [2.05, 4.69) is 20.1 Å². The van der Waals surface area contributed by atoms with Gasteiger partial charge >= 0.3 is 6.36 Å². The molecule has 0 aliphatic heterocycles. The number of rotatable bonds is 7. The van der Waals surface area contributed by atoms with Crippen molar-refractivity contribution in [2.24, 2.45) is 5.41 Å². The lowest BCUT2D eigenvalue weighted by atomic mass is 9.38. The summed E-state index contributed by atoms with van der Waals surface area (Å²) >= 11 is 0. The van der Waals surface area contributed by atoms with Crippen LogP contribution in [-0.2, 0) is 11.2 Å². The van der Waals surface area contributed by atoms with Gasteiger partial charge in [0.15, 0.2) is 6.61 Å². The molecule has 3 fully saturated rings. The molecule has 3 aliphatic rings. The molecule has 3 saturated carbocycles. The van der Waals surface area contributed by atoms with Crippen LogP contribution in [-0.4, -0.2) is 39.0 Å². The first-order valence-electron chi connectivity index (χ1n) is 10.2. The maximum absolute atomic E-state index is 12.3. The molecule has 2 heterocycles. The SMILES string of the molecule is Cc1cc2c(CC34CC(NC(=O)COc5cccc(OC(F)(F)F)c5)(C3)C4)nccn2n1. The summed E-state index contributed by atoms with van der Waals surface area (Å²) in [4.78, 5) is 16.9. The van der Waals surface area contributed by atoms with Gasteiger partial charge in [0.1, 0.15) is 11.5 Å². The summed E-state index contributed by atoms with van der Waals surface area (Å²) in [5, 5.41) is 7.44. The molecule has 0 unspecified atom stereocenters. The summed E-state index contributed by atoms with van der Waals surface area (Å²) in [5.74, 6) is -0.563. The van der Waals surface area contributed by atoms with Crippen molar-refractivity contribution in [2.75, 3.05) is 6.61 Å². The summed E-state index contributed by atoms with van der Waals surface area (Å²) in [6, 6.07) is 7.14. The highest BCUT2D eigenvalue weighted by molar-refractivity contribution is 5.79. The first kappa shape index (κ1) is 20.6.